The molecule has 0 atom stereocenters. The van der Waals surface area contributed by atoms with E-state index in [2.05, 4.69) is 10.0 Å². The van der Waals surface area contributed by atoms with E-state index in [0.29, 0.717) is 25.9 Å². The minimum atomic E-state index is -3.43. The number of hydrogen-bond donors (Lipinski definition) is 2. The Morgan fingerprint density at radius 2 is 1.83 bits per heavy atom. The van der Waals surface area contributed by atoms with Crippen LogP contribution in [-0.2, 0) is 14.8 Å². The lowest BCUT2D eigenvalue weighted by Crippen LogP contribution is -2.29. The summed E-state index contributed by atoms with van der Waals surface area (Å²) in [6, 6.07) is 8.20. The zero-order chi connectivity index (χ0) is 13.4. The molecule has 0 spiro atoms. The highest BCUT2D eigenvalue weighted by atomic mass is 32.2. The van der Waals surface area contributed by atoms with Crippen LogP contribution >= 0.6 is 0 Å². The number of carbonyl (C=O) groups is 1. The van der Waals surface area contributed by atoms with Crippen molar-refractivity contribution in [3.05, 3.63) is 30.3 Å². The molecule has 1 aromatic rings. The number of benzene rings is 1. The van der Waals surface area contributed by atoms with Crippen LogP contribution in [0.4, 0.5) is 0 Å². The summed E-state index contributed by atoms with van der Waals surface area (Å²) in [7, 11) is -3.43. The van der Waals surface area contributed by atoms with Gasteiger partial charge >= 0.3 is 0 Å². The first kappa shape index (κ1) is 14.7. The van der Waals surface area contributed by atoms with Crippen LogP contribution in [0, 0.1) is 0 Å². The molecule has 18 heavy (non-hydrogen) atoms. The van der Waals surface area contributed by atoms with Gasteiger partial charge in [-0.25, -0.2) is 13.1 Å². The predicted molar refractivity (Wildman–Crippen MR) is 69.5 cm³/mol. The average Bonchev–Trinajstić information content (AvgIpc) is 2.39. The summed E-state index contributed by atoms with van der Waals surface area (Å²) in [4.78, 5) is 11.2. The summed E-state index contributed by atoms with van der Waals surface area (Å²) < 4.78 is 26.1. The van der Waals surface area contributed by atoms with E-state index in [0.717, 1.165) is 0 Å². The first-order valence-corrected chi connectivity index (χ1v) is 7.36. The van der Waals surface area contributed by atoms with Gasteiger partial charge in [-0.1, -0.05) is 25.1 Å². The standard InChI is InChI=1S/C12H18N2O3S/c1-2-12(15)13-9-6-10-14-18(16,17)11-7-4-3-5-8-11/h3-5,7-8,14H,2,6,9-10H2,1H3,(H,13,15). The van der Waals surface area contributed by atoms with Crippen LogP contribution in [0.5, 0.6) is 0 Å². The van der Waals surface area contributed by atoms with Gasteiger partial charge in [0.05, 0.1) is 4.90 Å². The Bertz CT molecular complexity index is 471. The molecule has 5 nitrogen and oxygen atoms in total. The highest BCUT2D eigenvalue weighted by Crippen LogP contribution is 2.06. The van der Waals surface area contributed by atoms with Crippen molar-refractivity contribution in [3.63, 3.8) is 0 Å². The van der Waals surface area contributed by atoms with Crippen molar-refractivity contribution in [1.82, 2.24) is 10.0 Å². The summed E-state index contributed by atoms with van der Waals surface area (Å²) in [5.74, 6) is -0.0269. The van der Waals surface area contributed by atoms with Gasteiger partial charge in [0.25, 0.3) is 0 Å². The molecule has 2 N–H and O–H groups in total. The molecule has 1 aromatic carbocycles. The van der Waals surface area contributed by atoms with Gasteiger partial charge < -0.3 is 5.32 Å². The largest absolute Gasteiger partial charge is 0.356 e. The minimum Gasteiger partial charge on any atom is -0.356 e. The summed E-state index contributed by atoms with van der Waals surface area (Å²) >= 11 is 0. The van der Waals surface area contributed by atoms with Crippen molar-refractivity contribution < 1.29 is 13.2 Å². The monoisotopic (exact) mass is 270 g/mol. The van der Waals surface area contributed by atoms with E-state index in [9.17, 15) is 13.2 Å². The molecule has 0 aromatic heterocycles. The summed E-state index contributed by atoms with van der Waals surface area (Å²) in [6.07, 6.45) is 1.01. The van der Waals surface area contributed by atoms with Crippen molar-refractivity contribution in [2.24, 2.45) is 0 Å². The van der Waals surface area contributed by atoms with Crippen molar-refractivity contribution in [3.8, 4) is 0 Å². The van der Waals surface area contributed by atoms with Gasteiger partial charge in [0.1, 0.15) is 0 Å². The Morgan fingerprint density at radius 3 is 2.44 bits per heavy atom. The third-order valence-electron chi connectivity index (χ3n) is 2.34. The van der Waals surface area contributed by atoms with Gasteiger partial charge in [-0.3, -0.25) is 4.79 Å². The molecule has 1 rings (SSSR count). The maximum Gasteiger partial charge on any atom is 0.240 e. The maximum absolute atomic E-state index is 11.8. The topological polar surface area (TPSA) is 75.3 Å². The van der Waals surface area contributed by atoms with E-state index >= 15 is 0 Å². The van der Waals surface area contributed by atoms with E-state index in [1.807, 2.05) is 0 Å². The van der Waals surface area contributed by atoms with Crippen molar-refractivity contribution in [2.45, 2.75) is 24.7 Å². The lowest BCUT2D eigenvalue weighted by Gasteiger charge is -2.07. The number of rotatable bonds is 7. The number of nitrogens with one attached hydrogen (secondary N) is 2. The molecule has 0 unspecified atom stereocenters. The van der Waals surface area contributed by atoms with Gasteiger partial charge in [-0.05, 0) is 18.6 Å². The van der Waals surface area contributed by atoms with Crippen molar-refractivity contribution in [2.75, 3.05) is 13.1 Å². The first-order valence-electron chi connectivity index (χ1n) is 5.87. The van der Waals surface area contributed by atoms with E-state index in [-0.39, 0.29) is 10.8 Å². The van der Waals surface area contributed by atoms with E-state index in [1.54, 1.807) is 37.3 Å². The summed E-state index contributed by atoms with van der Waals surface area (Å²) in [6.45, 7) is 2.55. The molecule has 0 aliphatic heterocycles. The van der Waals surface area contributed by atoms with Gasteiger partial charge in [-0.15, -0.1) is 0 Å². The maximum atomic E-state index is 11.8. The van der Waals surface area contributed by atoms with Gasteiger partial charge in [0, 0.05) is 19.5 Å². The van der Waals surface area contributed by atoms with E-state index in [4.69, 9.17) is 0 Å². The van der Waals surface area contributed by atoms with Crippen LogP contribution in [-0.4, -0.2) is 27.4 Å². The number of carbonyl (C=O) groups excluding carboxylic acids is 1. The molecule has 0 saturated heterocycles. The third-order valence-corrected chi connectivity index (χ3v) is 3.82. The fourth-order valence-electron chi connectivity index (χ4n) is 1.33. The van der Waals surface area contributed by atoms with Crippen molar-refractivity contribution >= 4 is 15.9 Å². The minimum absolute atomic E-state index is 0.0269. The number of hydrogen-bond acceptors (Lipinski definition) is 3. The highest BCUT2D eigenvalue weighted by molar-refractivity contribution is 7.89. The molecule has 0 radical (unpaired) electrons. The molecule has 100 valence electrons. The zero-order valence-electron chi connectivity index (χ0n) is 10.3. The molecule has 0 bridgehead atoms. The molecule has 1 amide bonds. The smallest absolute Gasteiger partial charge is 0.240 e. The fourth-order valence-corrected chi connectivity index (χ4v) is 2.43. The Balaban J connectivity index is 2.33. The van der Waals surface area contributed by atoms with Crippen LogP contribution in [0.3, 0.4) is 0 Å². The predicted octanol–water partition coefficient (Wildman–Crippen LogP) is 0.881. The average molecular weight is 270 g/mol. The highest BCUT2D eigenvalue weighted by Gasteiger charge is 2.11. The van der Waals surface area contributed by atoms with E-state index < -0.39 is 10.0 Å². The summed E-state index contributed by atoms with van der Waals surface area (Å²) in [5, 5.41) is 2.68. The quantitative estimate of drug-likeness (QED) is 0.722. The normalized spacial score (nSPS) is 11.2. The second-order valence-electron chi connectivity index (χ2n) is 3.77. The second-order valence-corrected chi connectivity index (χ2v) is 5.53. The van der Waals surface area contributed by atoms with Crippen molar-refractivity contribution in [1.29, 1.82) is 0 Å². The summed E-state index contributed by atoms with van der Waals surface area (Å²) in [5.41, 5.74) is 0. The van der Waals surface area contributed by atoms with Gasteiger partial charge in [-0.2, -0.15) is 0 Å². The molecule has 0 aliphatic rings. The fraction of sp³-hybridized carbons (Fsp3) is 0.417. The third kappa shape index (κ3) is 4.85. The molecular weight excluding hydrogens is 252 g/mol. The molecule has 6 heteroatoms. The molecule has 0 saturated carbocycles. The van der Waals surface area contributed by atoms with E-state index in [1.165, 1.54) is 0 Å². The molecule has 0 fully saturated rings. The number of sulfonamides is 1. The SMILES string of the molecule is CCC(=O)NCCCNS(=O)(=O)c1ccccc1. The zero-order valence-corrected chi connectivity index (χ0v) is 11.2. The van der Waals surface area contributed by atoms with Crippen LogP contribution in [0.25, 0.3) is 0 Å². The Labute approximate surface area is 108 Å². The van der Waals surface area contributed by atoms with Gasteiger partial charge in [0.2, 0.25) is 15.9 Å². The molecular formula is C12H18N2O3S. The van der Waals surface area contributed by atoms with Crippen LogP contribution in [0.1, 0.15) is 19.8 Å². The lowest BCUT2D eigenvalue weighted by molar-refractivity contribution is -0.120. The van der Waals surface area contributed by atoms with Crippen LogP contribution in [0.2, 0.25) is 0 Å². The Hall–Kier alpha value is -1.40. The Morgan fingerprint density at radius 1 is 1.17 bits per heavy atom. The lowest BCUT2D eigenvalue weighted by atomic mass is 10.4. The second kappa shape index (κ2) is 7.13. The molecule has 0 heterocycles. The van der Waals surface area contributed by atoms with Crippen LogP contribution in [0.15, 0.2) is 35.2 Å². The molecule has 0 aliphatic carbocycles. The Kier molecular flexibility index (Phi) is 5.80. The van der Waals surface area contributed by atoms with Crippen LogP contribution < -0.4 is 10.0 Å². The first-order chi connectivity index (χ1) is 8.56. The number of amides is 1. The van der Waals surface area contributed by atoms with Gasteiger partial charge in [0.15, 0.2) is 0 Å².